The first-order valence-corrected chi connectivity index (χ1v) is 13.1. The van der Waals surface area contributed by atoms with Crippen LogP contribution in [0.3, 0.4) is 0 Å². The predicted molar refractivity (Wildman–Crippen MR) is 141 cm³/mol. The van der Waals surface area contributed by atoms with Crippen LogP contribution in [0.25, 0.3) is 0 Å². The number of amides is 2. The molecule has 0 atom stereocenters. The first-order chi connectivity index (χ1) is 16.6. The Morgan fingerprint density at radius 3 is 1.56 bits per heavy atom. The summed E-state index contributed by atoms with van der Waals surface area (Å²) in [5, 5.41) is 15.1. The molecule has 2 rings (SSSR count). The number of rotatable bonds is 17. The lowest BCUT2D eigenvalue weighted by molar-refractivity contribution is 0.0951. The number of aromatic hydroxyl groups is 1. The largest absolute Gasteiger partial charge is 0.508 e. The van der Waals surface area contributed by atoms with Crippen LogP contribution < -0.4 is 10.6 Å². The second kappa shape index (κ2) is 16.7. The Kier molecular flexibility index (Phi) is 13.5. The summed E-state index contributed by atoms with van der Waals surface area (Å²) < 4.78 is 0. The van der Waals surface area contributed by atoms with Gasteiger partial charge in [-0.2, -0.15) is 0 Å². The van der Waals surface area contributed by atoms with Crippen molar-refractivity contribution < 1.29 is 14.7 Å². The Morgan fingerprint density at radius 1 is 0.618 bits per heavy atom. The number of carbonyl (C=O) groups excluding carboxylic acids is 2. The average molecular weight is 467 g/mol. The Hall–Kier alpha value is -2.82. The molecule has 0 spiro atoms. The lowest BCUT2D eigenvalue weighted by Gasteiger charge is -2.08. The molecule has 2 aromatic rings. The number of unbranched alkanes of at least 4 members (excludes halogenated alkanes) is 12. The van der Waals surface area contributed by atoms with Crippen LogP contribution in [0.15, 0.2) is 48.5 Å². The normalized spacial score (nSPS) is 10.7. The number of carbonyl (C=O) groups is 2. The molecule has 2 amide bonds. The fourth-order valence-corrected chi connectivity index (χ4v) is 3.97. The summed E-state index contributed by atoms with van der Waals surface area (Å²) in [6.45, 7) is 2.94. The highest BCUT2D eigenvalue weighted by molar-refractivity contribution is 6.05. The van der Waals surface area contributed by atoms with Gasteiger partial charge in [0.05, 0.1) is 0 Å². The second-order valence-corrected chi connectivity index (χ2v) is 9.08. The van der Waals surface area contributed by atoms with Crippen molar-refractivity contribution in [3.05, 3.63) is 59.7 Å². The monoisotopic (exact) mass is 466 g/mol. The van der Waals surface area contributed by atoms with E-state index in [1.54, 1.807) is 36.4 Å². The molecule has 3 N–H and O–H groups in total. The maximum absolute atomic E-state index is 12.3. The van der Waals surface area contributed by atoms with Crippen molar-refractivity contribution >= 4 is 17.5 Å². The quantitative estimate of drug-likeness (QED) is 0.167. The highest BCUT2D eigenvalue weighted by atomic mass is 16.3. The Labute approximate surface area is 205 Å². The number of phenols is 1. The Bertz CT molecular complexity index is 831. The Morgan fingerprint density at radius 2 is 1.06 bits per heavy atom. The second-order valence-electron chi connectivity index (χ2n) is 9.08. The molecule has 0 radical (unpaired) electrons. The third-order valence-electron chi connectivity index (χ3n) is 6.10. The van der Waals surface area contributed by atoms with Crippen LogP contribution in [0.4, 0.5) is 5.69 Å². The van der Waals surface area contributed by atoms with E-state index in [4.69, 9.17) is 0 Å². The molecule has 2 aromatic carbocycles. The smallest absolute Gasteiger partial charge is 0.255 e. The summed E-state index contributed by atoms with van der Waals surface area (Å²) in [7, 11) is 0. The third-order valence-corrected chi connectivity index (χ3v) is 6.10. The lowest BCUT2D eigenvalue weighted by atomic mass is 10.0. The van der Waals surface area contributed by atoms with E-state index < -0.39 is 0 Å². The van der Waals surface area contributed by atoms with Crippen molar-refractivity contribution in [1.29, 1.82) is 0 Å². The summed E-state index contributed by atoms with van der Waals surface area (Å²) in [6.07, 6.45) is 17.0. The van der Waals surface area contributed by atoms with Gasteiger partial charge in [-0.25, -0.2) is 0 Å². The molecule has 0 heterocycles. The molecule has 0 unspecified atom stereocenters. The van der Waals surface area contributed by atoms with Gasteiger partial charge >= 0.3 is 0 Å². The minimum Gasteiger partial charge on any atom is -0.508 e. The zero-order chi connectivity index (χ0) is 24.4. The standard InChI is InChI=1S/C29H42N2O3/c1-2-3-4-5-6-7-8-9-10-11-12-13-14-23-30-28(33)24-15-17-25(18-16-24)29(34)31-26-19-21-27(32)22-20-26/h15-22,32H,2-14,23H2,1H3,(H,30,33)(H,31,34). The maximum atomic E-state index is 12.3. The number of anilines is 1. The zero-order valence-corrected chi connectivity index (χ0v) is 20.8. The molecular weight excluding hydrogens is 424 g/mol. The number of hydrogen-bond acceptors (Lipinski definition) is 3. The maximum Gasteiger partial charge on any atom is 0.255 e. The minimum atomic E-state index is -0.260. The molecule has 0 aliphatic carbocycles. The van der Waals surface area contributed by atoms with Crippen LogP contribution in [0.2, 0.25) is 0 Å². The van der Waals surface area contributed by atoms with Gasteiger partial charge in [-0.05, 0) is 55.0 Å². The van der Waals surface area contributed by atoms with Crippen LogP contribution in [0.5, 0.6) is 5.75 Å². The van der Waals surface area contributed by atoms with Gasteiger partial charge in [0.15, 0.2) is 0 Å². The van der Waals surface area contributed by atoms with Crippen LogP contribution in [0, 0.1) is 0 Å². The van der Waals surface area contributed by atoms with Gasteiger partial charge in [0.1, 0.15) is 5.75 Å². The summed E-state index contributed by atoms with van der Waals surface area (Å²) >= 11 is 0. The van der Waals surface area contributed by atoms with Crippen molar-refractivity contribution in [3.63, 3.8) is 0 Å². The summed E-state index contributed by atoms with van der Waals surface area (Å²) in [6, 6.07) is 12.9. The zero-order valence-electron chi connectivity index (χ0n) is 20.8. The molecule has 0 fully saturated rings. The van der Waals surface area contributed by atoms with E-state index in [1.807, 2.05) is 0 Å². The molecule has 186 valence electrons. The molecule has 0 saturated heterocycles. The van der Waals surface area contributed by atoms with Crippen molar-refractivity contribution in [2.45, 2.75) is 90.4 Å². The molecule has 0 aromatic heterocycles. The molecule has 0 aliphatic rings. The van der Waals surface area contributed by atoms with Gasteiger partial charge in [0.25, 0.3) is 11.8 Å². The lowest BCUT2D eigenvalue weighted by Crippen LogP contribution is -2.24. The first kappa shape index (κ1) is 27.4. The fraction of sp³-hybridized carbons (Fsp3) is 0.517. The van der Waals surface area contributed by atoms with E-state index in [0.29, 0.717) is 23.4 Å². The topological polar surface area (TPSA) is 78.4 Å². The molecule has 0 aliphatic heterocycles. The number of nitrogens with one attached hydrogen (secondary N) is 2. The van der Waals surface area contributed by atoms with Crippen LogP contribution >= 0.6 is 0 Å². The van der Waals surface area contributed by atoms with Crippen LogP contribution in [0.1, 0.15) is 111 Å². The van der Waals surface area contributed by atoms with E-state index in [0.717, 1.165) is 12.8 Å². The third kappa shape index (κ3) is 11.4. The Balaban J connectivity index is 1.52. The molecule has 34 heavy (non-hydrogen) atoms. The van der Waals surface area contributed by atoms with E-state index in [2.05, 4.69) is 17.6 Å². The van der Waals surface area contributed by atoms with Gasteiger partial charge in [-0.3, -0.25) is 9.59 Å². The molecule has 0 bridgehead atoms. The van der Waals surface area contributed by atoms with Gasteiger partial charge in [-0.15, -0.1) is 0 Å². The average Bonchev–Trinajstić information content (AvgIpc) is 2.85. The number of phenolic OH excluding ortho intramolecular Hbond substituents is 1. The van der Waals surface area contributed by atoms with E-state index >= 15 is 0 Å². The van der Waals surface area contributed by atoms with Crippen molar-refractivity contribution in [2.24, 2.45) is 0 Å². The first-order valence-electron chi connectivity index (χ1n) is 13.1. The van der Waals surface area contributed by atoms with Crippen LogP contribution in [-0.4, -0.2) is 23.5 Å². The molecule has 5 heteroatoms. The fourth-order valence-electron chi connectivity index (χ4n) is 3.97. The van der Waals surface area contributed by atoms with Gasteiger partial charge in [-0.1, -0.05) is 84.0 Å². The summed E-state index contributed by atoms with van der Waals surface area (Å²) in [5.74, 6) is -0.221. The SMILES string of the molecule is CCCCCCCCCCCCCCCNC(=O)c1ccc(C(=O)Nc2ccc(O)cc2)cc1. The van der Waals surface area contributed by atoms with Crippen molar-refractivity contribution in [2.75, 3.05) is 11.9 Å². The van der Waals surface area contributed by atoms with Crippen LogP contribution in [-0.2, 0) is 0 Å². The molecular formula is C29H42N2O3. The molecule has 0 saturated carbocycles. The van der Waals surface area contributed by atoms with E-state index in [-0.39, 0.29) is 17.6 Å². The summed E-state index contributed by atoms with van der Waals surface area (Å²) in [4.78, 5) is 24.7. The van der Waals surface area contributed by atoms with E-state index in [9.17, 15) is 14.7 Å². The van der Waals surface area contributed by atoms with E-state index in [1.165, 1.54) is 82.8 Å². The highest BCUT2D eigenvalue weighted by Gasteiger charge is 2.09. The van der Waals surface area contributed by atoms with Crippen molar-refractivity contribution in [3.8, 4) is 5.75 Å². The predicted octanol–water partition coefficient (Wildman–Crippen LogP) is 7.47. The van der Waals surface area contributed by atoms with Gasteiger partial charge in [0, 0.05) is 23.4 Å². The van der Waals surface area contributed by atoms with Crippen molar-refractivity contribution in [1.82, 2.24) is 5.32 Å². The number of benzene rings is 2. The molecule has 5 nitrogen and oxygen atoms in total. The number of hydrogen-bond donors (Lipinski definition) is 3. The highest BCUT2D eigenvalue weighted by Crippen LogP contribution is 2.15. The summed E-state index contributed by atoms with van der Waals surface area (Å²) in [5.41, 5.74) is 1.62. The minimum absolute atomic E-state index is 0.107. The van der Waals surface area contributed by atoms with Gasteiger partial charge < -0.3 is 15.7 Å². The van der Waals surface area contributed by atoms with Gasteiger partial charge in [0.2, 0.25) is 0 Å².